The Balaban J connectivity index is 1.77. The molecule has 0 saturated carbocycles. The van der Waals surface area contributed by atoms with E-state index in [4.69, 9.17) is 9.47 Å². The lowest BCUT2D eigenvalue weighted by molar-refractivity contribution is -0.0864. The first-order valence-corrected chi connectivity index (χ1v) is 6.39. The molecular weight excluding hydrogens is 289 g/mol. The third-order valence-corrected chi connectivity index (χ3v) is 3.33. The molecule has 5 heteroatoms. The van der Waals surface area contributed by atoms with Crippen LogP contribution in [0.2, 0.25) is 0 Å². The van der Waals surface area contributed by atoms with Crippen molar-refractivity contribution in [3.63, 3.8) is 0 Å². The van der Waals surface area contributed by atoms with E-state index in [0.29, 0.717) is 26.4 Å². The standard InChI is InChI=1S/C12H15BrFNO2/c13-12-5-10(14)2-1-9(12)6-15-7-11-8-16-3-4-17-11/h1-2,5,11,15H,3-4,6-8H2. The van der Waals surface area contributed by atoms with Crippen molar-refractivity contribution in [1.82, 2.24) is 5.32 Å². The van der Waals surface area contributed by atoms with Crippen LogP contribution in [0.3, 0.4) is 0 Å². The van der Waals surface area contributed by atoms with Gasteiger partial charge in [-0.05, 0) is 17.7 Å². The predicted octanol–water partition coefficient (Wildman–Crippen LogP) is 2.09. The number of hydrogen-bond donors (Lipinski definition) is 1. The van der Waals surface area contributed by atoms with E-state index in [1.165, 1.54) is 12.1 Å². The SMILES string of the molecule is Fc1ccc(CNCC2COCCO2)c(Br)c1. The van der Waals surface area contributed by atoms with Gasteiger partial charge < -0.3 is 14.8 Å². The zero-order valence-corrected chi connectivity index (χ0v) is 11.0. The lowest BCUT2D eigenvalue weighted by Crippen LogP contribution is -2.37. The molecule has 0 amide bonds. The smallest absolute Gasteiger partial charge is 0.124 e. The van der Waals surface area contributed by atoms with Gasteiger partial charge in [-0.25, -0.2) is 4.39 Å². The molecule has 0 bridgehead atoms. The average molecular weight is 304 g/mol. The van der Waals surface area contributed by atoms with Crippen molar-refractivity contribution in [2.75, 3.05) is 26.4 Å². The maximum atomic E-state index is 12.9. The number of ether oxygens (including phenoxy) is 2. The summed E-state index contributed by atoms with van der Waals surface area (Å²) in [7, 11) is 0. The van der Waals surface area contributed by atoms with Gasteiger partial charge in [-0.15, -0.1) is 0 Å². The molecule has 1 aromatic carbocycles. The topological polar surface area (TPSA) is 30.5 Å². The Hall–Kier alpha value is -0.490. The van der Waals surface area contributed by atoms with Crippen molar-refractivity contribution in [2.45, 2.75) is 12.6 Å². The highest BCUT2D eigenvalue weighted by atomic mass is 79.9. The summed E-state index contributed by atoms with van der Waals surface area (Å²) in [5.41, 5.74) is 1.03. The summed E-state index contributed by atoms with van der Waals surface area (Å²) < 4.78 is 24.5. The highest BCUT2D eigenvalue weighted by molar-refractivity contribution is 9.10. The van der Waals surface area contributed by atoms with Crippen LogP contribution in [-0.4, -0.2) is 32.5 Å². The Morgan fingerprint density at radius 2 is 2.29 bits per heavy atom. The monoisotopic (exact) mass is 303 g/mol. The molecule has 0 aromatic heterocycles. The highest BCUT2D eigenvalue weighted by Crippen LogP contribution is 2.17. The normalized spacial score (nSPS) is 20.5. The van der Waals surface area contributed by atoms with Crippen LogP contribution in [0.1, 0.15) is 5.56 Å². The fourth-order valence-electron chi connectivity index (χ4n) is 1.69. The second kappa shape index (κ2) is 6.44. The molecule has 17 heavy (non-hydrogen) atoms. The molecule has 1 aliphatic heterocycles. The summed E-state index contributed by atoms with van der Waals surface area (Å²) in [5, 5.41) is 3.27. The van der Waals surface area contributed by atoms with E-state index >= 15 is 0 Å². The van der Waals surface area contributed by atoms with Crippen LogP contribution in [0.15, 0.2) is 22.7 Å². The molecule has 0 radical (unpaired) electrons. The van der Waals surface area contributed by atoms with Gasteiger partial charge in [-0.3, -0.25) is 0 Å². The molecule has 0 spiro atoms. The van der Waals surface area contributed by atoms with Crippen LogP contribution in [0.25, 0.3) is 0 Å². The first-order chi connectivity index (χ1) is 8.25. The molecule has 1 heterocycles. The molecule has 1 saturated heterocycles. The quantitative estimate of drug-likeness (QED) is 0.924. The Kier molecular flexibility index (Phi) is 4.91. The van der Waals surface area contributed by atoms with Gasteiger partial charge >= 0.3 is 0 Å². The highest BCUT2D eigenvalue weighted by Gasteiger charge is 2.13. The minimum Gasteiger partial charge on any atom is -0.376 e. The van der Waals surface area contributed by atoms with Gasteiger partial charge in [0.1, 0.15) is 5.82 Å². The average Bonchev–Trinajstić information content (AvgIpc) is 2.33. The Bertz CT molecular complexity index is 370. The van der Waals surface area contributed by atoms with E-state index in [2.05, 4.69) is 21.2 Å². The van der Waals surface area contributed by atoms with Gasteiger partial charge in [0.2, 0.25) is 0 Å². The first kappa shape index (κ1) is 13.0. The number of halogens is 2. The molecule has 1 aromatic rings. The van der Waals surface area contributed by atoms with Crippen LogP contribution in [-0.2, 0) is 16.0 Å². The van der Waals surface area contributed by atoms with Crippen molar-refractivity contribution >= 4 is 15.9 Å². The summed E-state index contributed by atoms with van der Waals surface area (Å²) in [4.78, 5) is 0. The van der Waals surface area contributed by atoms with Crippen LogP contribution < -0.4 is 5.32 Å². The summed E-state index contributed by atoms with van der Waals surface area (Å²) >= 11 is 3.34. The lowest BCUT2D eigenvalue weighted by atomic mass is 10.2. The van der Waals surface area contributed by atoms with Crippen LogP contribution in [0.5, 0.6) is 0 Å². The van der Waals surface area contributed by atoms with E-state index in [9.17, 15) is 4.39 Å². The Labute approximate surface area is 108 Å². The predicted molar refractivity (Wildman–Crippen MR) is 66.4 cm³/mol. The molecule has 1 atom stereocenters. The second-order valence-electron chi connectivity index (χ2n) is 3.93. The Morgan fingerprint density at radius 1 is 1.41 bits per heavy atom. The Morgan fingerprint density at radius 3 is 3.00 bits per heavy atom. The van der Waals surface area contributed by atoms with E-state index in [0.717, 1.165) is 16.6 Å². The molecular formula is C12H15BrFNO2. The zero-order chi connectivity index (χ0) is 12.1. The molecule has 2 rings (SSSR count). The van der Waals surface area contributed by atoms with E-state index in [1.54, 1.807) is 6.07 Å². The van der Waals surface area contributed by atoms with Gasteiger partial charge in [0.05, 0.1) is 25.9 Å². The van der Waals surface area contributed by atoms with E-state index in [1.807, 2.05) is 0 Å². The largest absolute Gasteiger partial charge is 0.376 e. The van der Waals surface area contributed by atoms with Crippen molar-refractivity contribution in [3.8, 4) is 0 Å². The summed E-state index contributed by atoms with van der Waals surface area (Å²) in [6.45, 7) is 3.40. The number of benzene rings is 1. The van der Waals surface area contributed by atoms with Crippen molar-refractivity contribution in [2.24, 2.45) is 0 Å². The fourth-order valence-corrected chi connectivity index (χ4v) is 2.18. The fraction of sp³-hybridized carbons (Fsp3) is 0.500. The first-order valence-electron chi connectivity index (χ1n) is 5.59. The van der Waals surface area contributed by atoms with Crippen LogP contribution in [0, 0.1) is 5.82 Å². The third-order valence-electron chi connectivity index (χ3n) is 2.59. The van der Waals surface area contributed by atoms with Crippen molar-refractivity contribution in [3.05, 3.63) is 34.1 Å². The van der Waals surface area contributed by atoms with Gasteiger partial charge in [0.25, 0.3) is 0 Å². The minimum absolute atomic E-state index is 0.114. The van der Waals surface area contributed by atoms with Gasteiger partial charge in [-0.1, -0.05) is 22.0 Å². The molecule has 1 aliphatic rings. The van der Waals surface area contributed by atoms with Crippen molar-refractivity contribution in [1.29, 1.82) is 0 Å². The second-order valence-corrected chi connectivity index (χ2v) is 4.79. The molecule has 3 nitrogen and oxygen atoms in total. The maximum absolute atomic E-state index is 12.9. The van der Waals surface area contributed by atoms with Crippen LogP contribution >= 0.6 is 15.9 Å². The van der Waals surface area contributed by atoms with Crippen LogP contribution in [0.4, 0.5) is 4.39 Å². The third kappa shape index (κ3) is 4.03. The number of nitrogens with one attached hydrogen (secondary N) is 1. The summed E-state index contributed by atoms with van der Waals surface area (Å²) in [6, 6.07) is 4.70. The van der Waals surface area contributed by atoms with Gasteiger partial charge in [0.15, 0.2) is 0 Å². The molecule has 1 N–H and O–H groups in total. The van der Waals surface area contributed by atoms with E-state index in [-0.39, 0.29) is 11.9 Å². The summed E-state index contributed by atoms with van der Waals surface area (Å²) in [5.74, 6) is -0.232. The molecule has 94 valence electrons. The van der Waals surface area contributed by atoms with Crippen molar-refractivity contribution < 1.29 is 13.9 Å². The van der Waals surface area contributed by atoms with Gasteiger partial charge in [0, 0.05) is 17.6 Å². The molecule has 0 aliphatic carbocycles. The number of rotatable bonds is 4. The zero-order valence-electron chi connectivity index (χ0n) is 9.42. The molecule has 1 unspecified atom stereocenters. The lowest BCUT2D eigenvalue weighted by Gasteiger charge is -2.23. The summed E-state index contributed by atoms with van der Waals surface area (Å²) in [6.07, 6.45) is 0.114. The minimum atomic E-state index is -0.232. The molecule has 1 fully saturated rings. The van der Waals surface area contributed by atoms with Gasteiger partial charge in [-0.2, -0.15) is 0 Å². The maximum Gasteiger partial charge on any atom is 0.124 e. The van der Waals surface area contributed by atoms with E-state index < -0.39 is 0 Å². The number of hydrogen-bond acceptors (Lipinski definition) is 3.